The Labute approximate surface area is 111 Å². The van der Waals surface area contributed by atoms with Gasteiger partial charge in [-0.25, -0.2) is 0 Å². The average Bonchev–Trinajstić information content (AvgIpc) is 2.77. The summed E-state index contributed by atoms with van der Waals surface area (Å²) in [6, 6.07) is 6.17. The summed E-state index contributed by atoms with van der Waals surface area (Å²) in [6.07, 6.45) is 1.50. The Morgan fingerprint density at radius 1 is 1.41 bits per heavy atom. The lowest BCUT2D eigenvalue weighted by Crippen LogP contribution is -2.22. The topological polar surface area (TPSA) is 21.7 Å². The monoisotopic (exact) mass is 299 g/mol. The molecule has 0 aliphatic carbocycles. The second-order valence-corrected chi connectivity index (χ2v) is 5.17. The minimum Gasteiger partial charge on any atom is -0.495 e. The molecular weight excluding hydrogens is 282 g/mol. The van der Waals surface area contributed by atoms with Crippen molar-refractivity contribution in [2.24, 2.45) is 0 Å². The Morgan fingerprint density at radius 3 is 2.88 bits per heavy atom. The van der Waals surface area contributed by atoms with Crippen LogP contribution in [0.4, 0.5) is 0 Å². The van der Waals surface area contributed by atoms with E-state index in [1.165, 1.54) is 5.56 Å². The maximum Gasteiger partial charge on any atom is 0.137 e. The molecule has 3 nitrogen and oxygen atoms in total. The summed E-state index contributed by atoms with van der Waals surface area (Å²) < 4.78 is 11.8. The third-order valence-electron chi connectivity index (χ3n) is 3.21. The molecule has 0 aromatic heterocycles. The fourth-order valence-electron chi connectivity index (χ4n) is 2.28. The van der Waals surface area contributed by atoms with Crippen LogP contribution in [0.15, 0.2) is 22.7 Å². The second-order valence-electron chi connectivity index (χ2n) is 4.31. The molecule has 0 spiro atoms. The van der Waals surface area contributed by atoms with E-state index >= 15 is 0 Å². The number of hydrogen-bond donors (Lipinski definition) is 0. The number of hydrogen-bond acceptors (Lipinski definition) is 3. The predicted octanol–water partition coefficient (Wildman–Crippen LogP) is 2.68. The molecule has 1 aliphatic rings. The summed E-state index contributed by atoms with van der Waals surface area (Å²) in [5.74, 6) is 0.938. The zero-order valence-electron chi connectivity index (χ0n) is 10.3. The highest BCUT2D eigenvalue weighted by Gasteiger charge is 2.23. The summed E-state index contributed by atoms with van der Waals surface area (Å²) >= 11 is 3.51. The van der Waals surface area contributed by atoms with E-state index in [2.05, 4.69) is 26.9 Å². The van der Waals surface area contributed by atoms with Crippen LogP contribution in [0.2, 0.25) is 0 Å². The molecule has 0 amide bonds. The molecule has 2 rings (SSSR count). The van der Waals surface area contributed by atoms with E-state index in [9.17, 15) is 0 Å². The van der Waals surface area contributed by atoms with Gasteiger partial charge in [-0.3, -0.25) is 4.90 Å². The first-order valence-electron chi connectivity index (χ1n) is 5.81. The van der Waals surface area contributed by atoms with Crippen LogP contribution in [-0.4, -0.2) is 38.3 Å². The molecular formula is C13H18BrNO2. The fourth-order valence-corrected chi connectivity index (χ4v) is 2.85. The minimum absolute atomic E-state index is 0.383. The molecule has 1 atom stereocenters. The zero-order valence-corrected chi connectivity index (χ0v) is 11.9. The molecule has 1 saturated heterocycles. The van der Waals surface area contributed by atoms with Crippen LogP contribution in [0, 0.1) is 0 Å². The van der Waals surface area contributed by atoms with Gasteiger partial charge in [0.05, 0.1) is 17.7 Å². The maximum atomic E-state index is 5.43. The van der Waals surface area contributed by atoms with Crippen LogP contribution in [0.1, 0.15) is 12.0 Å². The minimum atomic E-state index is 0.383. The number of benzene rings is 1. The van der Waals surface area contributed by atoms with Gasteiger partial charge in [0.15, 0.2) is 0 Å². The molecule has 0 radical (unpaired) electrons. The molecule has 17 heavy (non-hydrogen) atoms. The highest BCUT2D eigenvalue weighted by atomic mass is 79.9. The van der Waals surface area contributed by atoms with E-state index in [1.807, 2.05) is 12.1 Å². The van der Waals surface area contributed by atoms with Gasteiger partial charge in [-0.2, -0.15) is 0 Å². The van der Waals surface area contributed by atoms with Gasteiger partial charge in [-0.05, 0) is 28.4 Å². The summed E-state index contributed by atoms with van der Waals surface area (Å²) in [5, 5.41) is 0. The maximum absolute atomic E-state index is 5.43. The van der Waals surface area contributed by atoms with Crippen LogP contribution in [0.5, 0.6) is 5.75 Å². The van der Waals surface area contributed by atoms with Crippen molar-refractivity contribution in [1.82, 2.24) is 4.90 Å². The van der Waals surface area contributed by atoms with Gasteiger partial charge in [-0.15, -0.1) is 0 Å². The lowest BCUT2D eigenvalue weighted by Gasteiger charge is -2.18. The highest BCUT2D eigenvalue weighted by molar-refractivity contribution is 9.10. The molecule has 1 heterocycles. The molecule has 0 bridgehead atoms. The highest BCUT2D eigenvalue weighted by Crippen LogP contribution is 2.30. The van der Waals surface area contributed by atoms with E-state index in [4.69, 9.17) is 9.47 Å². The second kappa shape index (κ2) is 5.85. The van der Waals surface area contributed by atoms with Crippen LogP contribution in [0.3, 0.4) is 0 Å². The first kappa shape index (κ1) is 12.9. The van der Waals surface area contributed by atoms with Crippen molar-refractivity contribution < 1.29 is 9.47 Å². The molecule has 1 aromatic rings. The standard InChI is InChI=1S/C13H18BrNO2/c1-16-11-6-7-15(9-11)8-10-4-3-5-12(14)13(10)17-2/h3-5,11H,6-9H2,1-2H3/t11-/m0/s1. The van der Waals surface area contributed by atoms with E-state index < -0.39 is 0 Å². The van der Waals surface area contributed by atoms with E-state index in [0.717, 1.165) is 36.3 Å². The SMILES string of the molecule is COc1c(Br)cccc1CN1CC[C@H](OC)C1. The summed E-state index contributed by atoms with van der Waals surface area (Å²) in [6.45, 7) is 3.02. The molecule has 0 saturated carbocycles. The van der Waals surface area contributed by atoms with Crippen LogP contribution in [-0.2, 0) is 11.3 Å². The molecule has 4 heteroatoms. The van der Waals surface area contributed by atoms with Gasteiger partial charge < -0.3 is 9.47 Å². The number of halogens is 1. The lowest BCUT2D eigenvalue weighted by molar-refractivity contribution is 0.107. The van der Waals surface area contributed by atoms with Crippen molar-refractivity contribution in [3.8, 4) is 5.75 Å². The summed E-state index contributed by atoms with van der Waals surface area (Å²) in [7, 11) is 3.50. The first-order valence-corrected chi connectivity index (χ1v) is 6.60. The van der Waals surface area contributed by atoms with Crippen LogP contribution >= 0.6 is 15.9 Å². The van der Waals surface area contributed by atoms with Gasteiger partial charge >= 0.3 is 0 Å². The van der Waals surface area contributed by atoms with E-state index in [-0.39, 0.29) is 0 Å². The van der Waals surface area contributed by atoms with E-state index in [1.54, 1.807) is 14.2 Å². The van der Waals surface area contributed by atoms with Crippen LogP contribution in [0.25, 0.3) is 0 Å². The largest absolute Gasteiger partial charge is 0.495 e. The van der Waals surface area contributed by atoms with Gasteiger partial charge in [-0.1, -0.05) is 12.1 Å². The number of ether oxygens (including phenoxy) is 2. The first-order chi connectivity index (χ1) is 8.24. The number of para-hydroxylation sites is 1. The summed E-state index contributed by atoms with van der Waals surface area (Å²) in [4.78, 5) is 2.40. The number of likely N-dealkylation sites (tertiary alicyclic amines) is 1. The van der Waals surface area contributed by atoms with Gasteiger partial charge in [0, 0.05) is 32.3 Å². The molecule has 1 fully saturated rings. The Kier molecular flexibility index (Phi) is 4.42. The Bertz CT molecular complexity index is 384. The molecule has 0 N–H and O–H groups in total. The molecule has 0 unspecified atom stereocenters. The Balaban J connectivity index is 2.06. The van der Waals surface area contributed by atoms with Gasteiger partial charge in [0.2, 0.25) is 0 Å². The predicted molar refractivity (Wildman–Crippen MR) is 71.4 cm³/mol. The van der Waals surface area contributed by atoms with Gasteiger partial charge in [0.25, 0.3) is 0 Å². The molecule has 1 aromatic carbocycles. The third kappa shape index (κ3) is 3.00. The summed E-state index contributed by atoms with van der Waals surface area (Å²) in [5.41, 5.74) is 1.22. The van der Waals surface area contributed by atoms with Crippen LogP contribution < -0.4 is 4.74 Å². The fraction of sp³-hybridized carbons (Fsp3) is 0.538. The zero-order chi connectivity index (χ0) is 12.3. The van der Waals surface area contributed by atoms with Crippen molar-refractivity contribution >= 4 is 15.9 Å². The smallest absolute Gasteiger partial charge is 0.137 e. The Morgan fingerprint density at radius 2 is 2.24 bits per heavy atom. The molecule has 94 valence electrons. The number of methoxy groups -OCH3 is 2. The normalized spacial score (nSPS) is 20.8. The molecule has 1 aliphatic heterocycles. The third-order valence-corrected chi connectivity index (χ3v) is 3.83. The lowest BCUT2D eigenvalue weighted by atomic mass is 10.2. The quantitative estimate of drug-likeness (QED) is 0.853. The van der Waals surface area contributed by atoms with Crippen molar-refractivity contribution in [3.63, 3.8) is 0 Å². The van der Waals surface area contributed by atoms with Crippen molar-refractivity contribution in [1.29, 1.82) is 0 Å². The average molecular weight is 300 g/mol. The number of nitrogens with zero attached hydrogens (tertiary/aromatic N) is 1. The van der Waals surface area contributed by atoms with Crippen molar-refractivity contribution in [2.75, 3.05) is 27.3 Å². The van der Waals surface area contributed by atoms with Crippen molar-refractivity contribution in [3.05, 3.63) is 28.2 Å². The number of rotatable bonds is 4. The van der Waals surface area contributed by atoms with Crippen molar-refractivity contribution in [2.45, 2.75) is 19.1 Å². The Hall–Kier alpha value is -0.580. The van der Waals surface area contributed by atoms with E-state index in [0.29, 0.717) is 6.10 Å². The van der Waals surface area contributed by atoms with Gasteiger partial charge in [0.1, 0.15) is 5.75 Å².